The minimum absolute atomic E-state index is 0.0551. The van der Waals surface area contributed by atoms with Gasteiger partial charge >= 0.3 is 18.3 Å². The number of amides is 2. The second-order valence-corrected chi connectivity index (χ2v) is 7.97. The Labute approximate surface area is 195 Å². The number of hydrogen-bond acceptors (Lipinski definition) is 4. The number of nitriles is 1. The molecule has 2 aromatic rings. The second-order valence-electron chi connectivity index (χ2n) is 7.56. The lowest BCUT2D eigenvalue weighted by Gasteiger charge is -2.19. The Balaban J connectivity index is 1.99. The number of rotatable bonds is 5. The van der Waals surface area contributed by atoms with E-state index < -0.39 is 52.6 Å². The fraction of sp³-hybridized carbons (Fsp3) is 0.368. The molecule has 1 aromatic heterocycles. The maximum Gasteiger partial charge on any atom is 0.459 e. The van der Waals surface area contributed by atoms with Crippen LogP contribution in [-0.2, 0) is 19.1 Å². The van der Waals surface area contributed by atoms with Gasteiger partial charge in [0.2, 0.25) is 0 Å². The maximum absolute atomic E-state index is 13.8. The number of nitrogens with one attached hydrogen (secondary N) is 2. The fourth-order valence-corrected chi connectivity index (χ4v) is 3.25. The van der Waals surface area contributed by atoms with Gasteiger partial charge in [0.1, 0.15) is 16.8 Å². The molecule has 7 nitrogen and oxygen atoms in total. The van der Waals surface area contributed by atoms with Gasteiger partial charge in [-0.1, -0.05) is 11.6 Å². The van der Waals surface area contributed by atoms with Gasteiger partial charge in [-0.25, -0.2) is 0 Å². The molecule has 0 radical (unpaired) electrons. The molecular weight excluding hydrogens is 518 g/mol. The van der Waals surface area contributed by atoms with Crippen LogP contribution in [0.2, 0.25) is 5.02 Å². The average molecular weight is 530 g/mol. The standard InChI is InChI=1S/C19H12ClF8N5O2/c1-33-12(11(18(23,24)25)13(32-33)17(21,22)19(26,27)28)15(35)30-8-2-3-10(20)9(6-8)14(34)31-16(7-29)4-5-16/h2-3,6H,4-5H2,1H3,(H,30,35)(H,31,34). The Kier molecular flexibility index (Phi) is 6.26. The molecule has 1 heterocycles. The van der Waals surface area contributed by atoms with Crippen molar-refractivity contribution in [1.29, 1.82) is 5.26 Å². The zero-order chi connectivity index (χ0) is 26.6. The number of benzene rings is 1. The quantitative estimate of drug-likeness (QED) is 0.544. The van der Waals surface area contributed by atoms with Gasteiger partial charge in [-0.05, 0) is 31.0 Å². The first-order valence-corrected chi connectivity index (χ1v) is 9.75. The van der Waals surface area contributed by atoms with Gasteiger partial charge in [-0.2, -0.15) is 45.5 Å². The summed E-state index contributed by atoms with van der Waals surface area (Å²) in [6.07, 6.45) is -11.5. The first kappa shape index (κ1) is 26.2. The smallest absolute Gasteiger partial charge is 0.334 e. The summed E-state index contributed by atoms with van der Waals surface area (Å²) >= 11 is 5.93. The normalized spacial score (nSPS) is 15.3. The van der Waals surface area contributed by atoms with Gasteiger partial charge in [0.15, 0.2) is 5.69 Å². The number of carbonyl (C=O) groups is 2. The number of hydrogen-bond donors (Lipinski definition) is 2. The van der Waals surface area contributed by atoms with E-state index >= 15 is 0 Å². The van der Waals surface area contributed by atoms with E-state index in [1.165, 1.54) is 0 Å². The minimum atomic E-state index is -6.42. The molecule has 1 aliphatic carbocycles. The molecule has 0 atom stereocenters. The number of carbonyl (C=O) groups excluding carboxylic acids is 2. The minimum Gasteiger partial charge on any atom is -0.334 e. The average Bonchev–Trinajstić information content (AvgIpc) is 3.39. The summed E-state index contributed by atoms with van der Waals surface area (Å²) in [6, 6.07) is 4.94. The lowest BCUT2D eigenvalue weighted by atomic mass is 10.1. The SMILES string of the molecule is Cn1nc(C(F)(F)C(F)(F)F)c(C(F)(F)F)c1C(=O)Nc1ccc(Cl)c(C(=O)NC2(C#N)CC2)c1. The molecule has 16 heteroatoms. The Bertz CT molecular complexity index is 1240. The van der Waals surface area contributed by atoms with Crippen molar-refractivity contribution in [2.24, 2.45) is 7.05 Å². The van der Waals surface area contributed by atoms with Gasteiger partial charge in [-0.3, -0.25) is 14.3 Å². The summed E-state index contributed by atoms with van der Waals surface area (Å²) in [4.78, 5) is 25.0. The molecule has 35 heavy (non-hydrogen) atoms. The molecule has 0 spiro atoms. The number of halogens is 9. The molecule has 1 fully saturated rings. The third-order valence-corrected chi connectivity index (χ3v) is 5.31. The van der Waals surface area contributed by atoms with Gasteiger partial charge in [-0.15, -0.1) is 0 Å². The van der Waals surface area contributed by atoms with Crippen molar-refractivity contribution < 1.29 is 44.7 Å². The van der Waals surface area contributed by atoms with Gasteiger partial charge < -0.3 is 10.6 Å². The number of nitrogens with zero attached hydrogens (tertiary/aromatic N) is 3. The summed E-state index contributed by atoms with van der Waals surface area (Å²) in [5.41, 5.74) is -8.61. The molecule has 0 unspecified atom stereocenters. The summed E-state index contributed by atoms with van der Waals surface area (Å²) in [7, 11) is 0.581. The molecule has 0 saturated heterocycles. The lowest BCUT2D eigenvalue weighted by Crippen LogP contribution is -2.36. The Hall–Kier alpha value is -3.41. The number of aryl methyl sites for hydroxylation is 1. The van der Waals surface area contributed by atoms with Crippen LogP contribution in [0.25, 0.3) is 0 Å². The van der Waals surface area contributed by atoms with Crippen molar-refractivity contribution in [2.45, 2.75) is 36.7 Å². The molecule has 188 valence electrons. The van der Waals surface area contributed by atoms with Crippen molar-refractivity contribution in [3.8, 4) is 6.07 Å². The molecule has 2 amide bonds. The highest BCUT2D eigenvalue weighted by atomic mass is 35.5. The van der Waals surface area contributed by atoms with Crippen LogP contribution in [0.3, 0.4) is 0 Å². The van der Waals surface area contributed by atoms with Crippen LogP contribution in [-0.4, -0.2) is 33.3 Å². The second kappa shape index (κ2) is 8.36. The number of alkyl halides is 8. The van der Waals surface area contributed by atoms with E-state index in [-0.39, 0.29) is 21.0 Å². The largest absolute Gasteiger partial charge is 0.459 e. The molecule has 0 bridgehead atoms. The van der Waals surface area contributed by atoms with E-state index in [2.05, 4.69) is 10.4 Å². The summed E-state index contributed by atoms with van der Waals surface area (Å²) < 4.78 is 106. The third kappa shape index (κ3) is 4.88. The van der Waals surface area contributed by atoms with Gasteiger partial charge in [0, 0.05) is 12.7 Å². The Morgan fingerprint density at radius 3 is 2.20 bits per heavy atom. The van der Waals surface area contributed by atoms with Gasteiger partial charge in [0.05, 0.1) is 16.7 Å². The van der Waals surface area contributed by atoms with Crippen LogP contribution < -0.4 is 10.6 Å². The molecule has 0 aliphatic heterocycles. The van der Waals surface area contributed by atoms with Crippen molar-refractivity contribution in [3.05, 3.63) is 45.7 Å². The van der Waals surface area contributed by atoms with Crippen LogP contribution in [0.5, 0.6) is 0 Å². The van der Waals surface area contributed by atoms with E-state index in [1.54, 1.807) is 0 Å². The Morgan fingerprint density at radius 1 is 1.11 bits per heavy atom. The van der Waals surface area contributed by atoms with E-state index in [0.29, 0.717) is 19.9 Å². The highest BCUT2D eigenvalue weighted by molar-refractivity contribution is 6.34. The molecule has 1 aliphatic rings. The summed E-state index contributed by atoms with van der Waals surface area (Å²) in [5, 5.41) is 15.9. The molecule has 1 saturated carbocycles. The van der Waals surface area contributed by atoms with Gasteiger partial charge in [0.25, 0.3) is 11.8 Å². The lowest BCUT2D eigenvalue weighted by molar-refractivity contribution is -0.292. The molecule has 2 N–H and O–H groups in total. The first-order chi connectivity index (χ1) is 15.9. The van der Waals surface area contributed by atoms with Crippen molar-refractivity contribution in [3.63, 3.8) is 0 Å². The summed E-state index contributed by atoms with van der Waals surface area (Å²) in [6.45, 7) is 0. The summed E-state index contributed by atoms with van der Waals surface area (Å²) in [5.74, 6) is -8.59. The highest BCUT2D eigenvalue weighted by Gasteiger charge is 2.64. The van der Waals surface area contributed by atoms with Crippen molar-refractivity contribution >= 4 is 29.1 Å². The topological polar surface area (TPSA) is 99.8 Å². The zero-order valence-electron chi connectivity index (χ0n) is 17.2. The van der Waals surface area contributed by atoms with E-state index in [9.17, 15) is 44.7 Å². The highest BCUT2D eigenvalue weighted by Crippen LogP contribution is 2.48. The van der Waals surface area contributed by atoms with Crippen LogP contribution in [0.1, 0.15) is 44.9 Å². The molecule has 3 rings (SSSR count). The zero-order valence-corrected chi connectivity index (χ0v) is 18.0. The van der Waals surface area contributed by atoms with Crippen molar-refractivity contribution in [1.82, 2.24) is 15.1 Å². The first-order valence-electron chi connectivity index (χ1n) is 9.37. The van der Waals surface area contributed by atoms with Crippen LogP contribution >= 0.6 is 11.6 Å². The monoisotopic (exact) mass is 529 g/mol. The predicted octanol–water partition coefficient (Wildman–Crippen LogP) is 4.78. The van der Waals surface area contributed by atoms with Crippen molar-refractivity contribution in [2.75, 3.05) is 5.32 Å². The Morgan fingerprint density at radius 2 is 1.71 bits per heavy atom. The fourth-order valence-electron chi connectivity index (χ4n) is 3.05. The number of anilines is 1. The van der Waals surface area contributed by atoms with E-state index in [1.807, 2.05) is 11.4 Å². The van der Waals surface area contributed by atoms with Crippen LogP contribution in [0.15, 0.2) is 18.2 Å². The molecule has 1 aromatic carbocycles. The third-order valence-electron chi connectivity index (χ3n) is 4.98. The van der Waals surface area contributed by atoms with E-state index in [4.69, 9.17) is 16.9 Å². The number of aromatic nitrogens is 2. The van der Waals surface area contributed by atoms with Crippen LogP contribution in [0.4, 0.5) is 40.8 Å². The van der Waals surface area contributed by atoms with E-state index in [0.717, 1.165) is 18.2 Å². The maximum atomic E-state index is 13.8. The van der Waals surface area contributed by atoms with Crippen LogP contribution in [0, 0.1) is 11.3 Å². The predicted molar refractivity (Wildman–Crippen MR) is 103 cm³/mol. The molecular formula is C19H12ClF8N5O2.